The first kappa shape index (κ1) is 15.1. The van der Waals surface area contributed by atoms with E-state index < -0.39 is 17.2 Å². The van der Waals surface area contributed by atoms with Gasteiger partial charge in [0.05, 0.1) is 16.8 Å². The van der Waals surface area contributed by atoms with E-state index >= 15 is 0 Å². The minimum Gasteiger partial charge on any atom is -0.267 e. The van der Waals surface area contributed by atoms with E-state index in [4.69, 9.17) is 0 Å². The van der Waals surface area contributed by atoms with E-state index in [1.54, 1.807) is 19.1 Å². The monoisotopic (exact) mass is 312 g/mol. The number of allylic oxidation sites excluding steroid dienone is 1. The number of hydrogen-bond acceptors (Lipinski definition) is 2. The number of aryl methyl sites for hydroxylation is 1. The van der Waals surface area contributed by atoms with Crippen LogP contribution in [0.15, 0.2) is 47.8 Å². The standard InChI is InChI=1S/C18H14F2N2O/c1-10(2)17-12-8-14(19)15(20)9-13(12)18(23)22(21-17)16-7-5-4-6-11(16)3/h4-9H,1H2,2-3H3. The Balaban J connectivity index is 2.49. The van der Waals surface area contributed by atoms with E-state index in [1.165, 1.54) is 4.68 Å². The van der Waals surface area contributed by atoms with Crippen LogP contribution in [0, 0.1) is 18.6 Å². The van der Waals surface area contributed by atoms with Gasteiger partial charge in [-0.3, -0.25) is 4.79 Å². The van der Waals surface area contributed by atoms with Crippen LogP contribution in [0.2, 0.25) is 0 Å². The highest BCUT2D eigenvalue weighted by atomic mass is 19.2. The molecule has 0 radical (unpaired) electrons. The zero-order valence-electron chi connectivity index (χ0n) is 12.7. The van der Waals surface area contributed by atoms with Crippen molar-refractivity contribution in [1.82, 2.24) is 9.78 Å². The summed E-state index contributed by atoms with van der Waals surface area (Å²) in [5.74, 6) is -2.08. The van der Waals surface area contributed by atoms with Gasteiger partial charge in [0.15, 0.2) is 11.6 Å². The first-order chi connectivity index (χ1) is 10.9. The zero-order chi connectivity index (χ0) is 16.7. The van der Waals surface area contributed by atoms with Gasteiger partial charge in [-0.1, -0.05) is 24.8 Å². The van der Waals surface area contributed by atoms with Crippen LogP contribution < -0.4 is 5.56 Å². The van der Waals surface area contributed by atoms with Gasteiger partial charge < -0.3 is 0 Å². The number of benzene rings is 2. The van der Waals surface area contributed by atoms with Crippen LogP contribution >= 0.6 is 0 Å². The first-order valence-electron chi connectivity index (χ1n) is 7.04. The van der Waals surface area contributed by atoms with E-state index in [1.807, 2.05) is 19.1 Å². The molecule has 3 rings (SSSR count). The molecule has 0 saturated carbocycles. The highest BCUT2D eigenvalue weighted by Crippen LogP contribution is 2.23. The van der Waals surface area contributed by atoms with Crippen molar-refractivity contribution in [1.29, 1.82) is 0 Å². The Labute approximate surface area is 131 Å². The van der Waals surface area contributed by atoms with Crippen molar-refractivity contribution in [2.75, 3.05) is 0 Å². The molecule has 0 spiro atoms. The molecule has 0 saturated heterocycles. The molecule has 0 aliphatic heterocycles. The van der Waals surface area contributed by atoms with Gasteiger partial charge in [-0.25, -0.2) is 8.78 Å². The average molecular weight is 312 g/mol. The summed E-state index contributed by atoms with van der Waals surface area (Å²) in [6.07, 6.45) is 0. The predicted molar refractivity (Wildman–Crippen MR) is 86.7 cm³/mol. The SMILES string of the molecule is C=C(C)c1nn(-c2ccccc2C)c(=O)c2cc(F)c(F)cc12. The lowest BCUT2D eigenvalue weighted by Crippen LogP contribution is -2.23. The number of fused-ring (bicyclic) bond motifs is 1. The molecule has 0 atom stereocenters. The van der Waals surface area contributed by atoms with Crippen LogP contribution in [0.1, 0.15) is 18.2 Å². The highest BCUT2D eigenvalue weighted by Gasteiger charge is 2.16. The molecule has 0 fully saturated rings. The van der Waals surface area contributed by atoms with E-state index in [0.717, 1.165) is 17.7 Å². The molecule has 0 N–H and O–H groups in total. The molecule has 0 aliphatic rings. The Bertz CT molecular complexity index is 1010. The fourth-order valence-electron chi connectivity index (χ4n) is 2.51. The second-order valence-electron chi connectivity index (χ2n) is 5.44. The topological polar surface area (TPSA) is 34.9 Å². The molecular weight excluding hydrogens is 298 g/mol. The molecule has 1 heterocycles. The number of hydrogen-bond donors (Lipinski definition) is 0. The summed E-state index contributed by atoms with van der Waals surface area (Å²) >= 11 is 0. The van der Waals surface area contributed by atoms with Gasteiger partial charge in [0.25, 0.3) is 5.56 Å². The molecule has 0 unspecified atom stereocenters. The van der Waals surface area contributed by atoms with Gasteiger partial charge in [-0.15, -0.1) is 0 Å². The van der Waals surface area contributed by atoms with Crippen molar-refractivity contribution in [2.24, 2.45) is 0 Å². The Kier molecular flexibility index (Phi) is 3.56. The van der Waals surface area contributed by atoms with Crippen molar-refractivity contribution in [3.05, 3.63) is 76.2 Å². The van der Waals surface area contributed by atoms with Gasteiger partial charge in [0, 0.05) is 5.39 Å². The number of aromatic nitrogens is 2. The predicted octanol–water partition coefficient (Wildman–Crippen LogP) is 4.01. The van der Waals surface area contributed by atoms with Crippen molar-refractivity contribution >= 4 is 16.3 Å². The van der Waals surface area contributed by atoms with Crippen LogP contribution in [0.4, 0.5) is 8.78 Å². The molecule has 0 amide bonds. The van der Waals surface area contributed by atoms with Gasteiger partial charge in [-0.05, 0) is 43.2 Å². The summed E-state index contributed by atoms with van der Waals surface area (Å²) in [6, 6.07) is 9.13. The van der Waals surface area contributed by atoms with Crippen LogP contribution in [-0.4, -0.2) is 9.78 Å². The average Bonchev–Trinajstić information content (AvgIpc) is 2.50. The van der Waals surface area contributed by atoms with Gasteiger partial charge >= 0.3 is 0 Å². The van der Waals surface area contributed by atoms with Crippen molar-refractivity contribution in [2.45, 2.75) is 13.8 Å². The number of para-hydroxylation sites is 1. The Hall–Kier alpha value is -2.82. The van der Waals surface area contributed by atoms with E-state index in [-0.39, 0.29) is 10.8 Å². The number of rotatable bonds is 2. The molecule has 3 aromatic rings. The maximum absolute atomic E-state index is 13.6. The number of halogens is 2. The summed E-state index contributed by atoms with van der Waals surface area (Å²) in [7, 11) is 0. The van der Waals surface area contributed by atoms with Crippen LogP contribution in [0.5, 0.6) is 0 Å². The molecule has 5 heteroatoms. The maximum Gasteiger partial charge on any atom is 0.279 e. The van der Waals surface area contributed by atoms with E-state index in [2.05, 4.69) is 11.7 Å². The van der Waals surface area contributed by atoms with Crippen LogP contribution in [-0.2, 0) is 0 Å². The maximum atomic E-state index is 13.6. The number of nitrogens with zero attached hydrogens (tertiary/aromatic N) is 2. The summed E-state index contributed by atoms with van der Waals surface area (Å²) in [6.45, 7) is 7.37. The third-order valence-corrected chi connectivity index (χ3v) is 3.69. The summed E-state index contributed by atoms with van der Waals surface area (Å²) in [5.41, 5.74) is 1.85. The Morgan fingerprint density at radius 3 is 2.35 bits per heavy atom. The van der Waals surface area contributed by atoms with Crippen molar-refractivity contribution in [3.63, 3.8) is 0 Å². The lowest BCUT2D eigenvalue weighted by molar-refractivity contribution is 0.510. The van der Waals surface area contributed by atoms with E-state index in [9.17, 15) is 13.6 Å². The quantitative estimate of drug-likeness (QED) is 0.717. The third kappa shape index (κ3) is 2.44. The second-order valence-corrected chi connectivity index (χ2v) is 5.44. The van der Waals surface area contributed by atoms with Crippen LogP contribution in [0.25, 0.3) is 22.0 Å². The Morgan fingerprint density at radius 1 is 1.13 bits per heavy atom. The largest absolute Gasteiger partial charge is 0.279 e. The highest BCUT2D eigenvalue weighted by molar-refractivity contribution is 5.91. The van der Waals surface area contributed by atoms with Gasteiger partial charge in [0.2, 0.25) is 0 Å². The summed E-state index contributed by atoms with van der Waals surface area (Å²) in [5, 5.41) is 4.64. The minimum absolute atomic E-state index is 0.0696. The molecule has 0 bridgehead atoms. The smallest absolute Gasteiger partial charge is 0.267 e. The molecular formula is C18H14F2N2O. The van der Waals surface area contributed by atoms with Crippen molar-refractivity contribution < 1.29 is 8.78 Å². The lowest BCUT2D eigenvalue weighted by atomic mass is 10.1. The molecule has 1 aromatic heterocycles. The Morgan fingerprint density at radius 2 is 1.74 bits per heavy atom. The van der Waals surface area contributed by atoms with Gasteiger partial charge in [0.1, 0.15) is 0 Å². The molecule has 3 nitrogen and oxygen atoms in total. The first-order valence-corrected chi connectivity index (χ1v) is 7.04. The van der Waals surface area contributed by atoms with E-state index in [0.29, 0.717) is 17.0 Å². The lowest BCUT2D eigenvalue weighted by Gasteiger charge is -2.13. The molecule has 2 aromatic carbocycles. The molecule has 116 valence electrons. The summed E-state index contributed by atoms with van der Waals surface area (Å²) < 4.78 is 28.4. The molecule has 23 heavy (non-hydrogen) atoms. The minimum atomic E-state index is -1.07. The fourth-order valence-corrected chi connectivity index (χ4v) is 2.51. The van der Waals surface area contributed by atoms with Crippen LogP contribution in [0.3, 0.4) is 0 Å². The summed E-state index contributed by atoms with van der Waals surface area (Å²) in [4.78, 5) is 12.7. The van der Waals surface area contributed by atoms with Gasteiger partial charge in [-0.2, -0.15) is 9.78 Å². The zero-order valence-corrected chi connectivity index (χ0v) is 12.7. The third-order valence-electron chi connectivity index (χ3n) is 3.69. The molecule has 0 aliphatic carbocycles. The van der Waals surface area contributed by atoms with Crippen molar-refractivity contribution in [3.8, 4) is 5.69 Å². The normalized spacial score (nSPS) is 11.0. The second kappa shape index (κ2) is 5.43. The fraction of sp³-hybridized carbons (Fsp3) is 0.111.